The molecule has 0 aromatic carbocycles. The Kier molecular flexibility index (Phi) is 3.05. The summed E-state index contributed by atoms with van der Waals surface area (Å²) in [6.45, 7) is 0.918. The van der Waals surface area contributed by atoms with Gasteiger partial charge in [0, 0.05) is 6.54 Å². The maximum absolute atomic E-state index is 5.48. The summed E-state index contributed by atoms with van der Waals surface area (Å²) in [6.07, 6.45) is 6.74. The third-order valence-corrected chi connectivity index (χ3v) is 3.44. The fourth-order valence-corrected chi connectivity index (χ4v) is 2.23. The molecule has 1 aliphatic carbocycles. The van der Waals surface area contributed by atoms with Gasteiger partial charge in [0.1, 0.15) is 0 Å². The lowest BCUT2D eigenvalue weighted by atomic mass is 9.82. The summed E-state index contributed by atoms with van der Waals surface area (Å²) in [5.74, 6) is 1.31. The minimum atomic E-state index is 0.348. The van der Waals surface area contributed by atoms with Crippen molar-refractivity contribution in [3.05, 3.63) is 4.73 Å². The zero-order chi connectivity index (χ0) is 9.97. The molecular formula is C9H15BrN4. The largest absolute Gasteiger partial charge is 0.366 e. The third kappa shape index (κ3) is 2.26. The van der Waals surface area contributed by atoms with E-state index in [0.29, 0.717) is 5.95 Å². The van der Waals surface area contributed by atoms with E-state index in [1.54, 1.807) is 0 Å². The lowest BCUT2D eigenvalue weighted by molar-refractivity contribution is 0.282. The van der Waals surface area contributed by atoms with Crippen LogP contribution in [0.25, 0.3) is 0 Å². The van der Waals surface area contributed by atoms with Gasteiger partial charge in [0.15, 0.2) is 4.73 Å². The van der Waals surface area contributed by atoms with Crippen LogP contribution in [0.2, 0.25) is 0 Å². The van der Waals surface area contributed by atoms with Gasteiger partial charge in [-0.25, -0.2) is 4.68 Å². The van der Waals surface area contributed by atoms with Gasteiger partial charge in [0.05, 0.1) is 0 Å². The Bertz CT molecular complexity index is 306. The quantitative estimate of drug-likeness (QED) is 0.901. The Hall–Kier alpha value is -0.580. The lowest BCUT2D eigenvalue weighted by Gasteiger charge is -2.24. The number of nitrogens with two attached hydrogens (primary N) is 1. The average molecular weight is 259 g/mol. The molecule has 0 aliphatic heterocycles. The highest BCUT2D eigenvalue weighted by Gasteiger charge is 2.16. The summed E-state index contributed by atoms with van der Waals surface area (Å²) in [5.41, 5.74) is 5.48. The molecule has 1 aliphatic rings. The molecule has 78 valence electrons. The van der Waals surface area contributed by atoms with E-state index in [9.17, 15) is 0 Å². The molecule has 1 aromatic rings. The molecular weight excluding hydrogens is 244 g/mol. The monoisotopic (exact) mass is 258 g/mol. The molecule has 14 heavy (non-hydrogen) atoms. The van der Waals surface area contributed by atoms with Gasteiger partial charge < -0.3 is 5.73 Å². The maximum atomic E-state index is 5.48. The summed E-state index contributed by atoms with van der Waals surface area (Å²) in [7, 11) is 0. The number of nitrogen functional groups attached to an aromatic ring is 1. The Labute approximate surface area is 92.0 Å². The molecule has 1 saturated carbocycles. The molecule has 1 heterocycles. The molecule has 4 nitrogen and oxygen atoms in total. The van der Waals surface area contributed by atoms with Crippen LogP contribution in [0.15, 0.2) is 4.73 Å². The topological polar surface area (TPSA) is 56.7 Å². The highest BCUT2D eigenvalue weighted by molar-refractivity contribution is 9.10. The van der Waals surface area contributed by atoms with Crippen LogP contribution in [0.3, 0.4) is 0 Å². The van der Waals surface area contributed by atoms with Crippen molar-refractivity contribution in [1.82, 2.24) is 14.8 Å². The van der Waals surface area contributed by atoms with E-state index in [1.807, 2.05) is 4.68 Å². The van der Waals surface area contributed by atoms with Crippen molar-refractivity contribution in [3.63, 3.8) is 0 Å². The molecule has 2 rings (SSSR count). The number of halogens is 1. The zero-order valence-corrected chi connectivity index (χ0v) is 9.70. The van der Waals surface area contributed by atoms with Crippen molar-refractivity contribution in [2.75, 3.05) is 5.73 Å². The van der Waals surface area contributed by atoms with Crippen molar-refractivity contribution in [2.45, 2.75) is 38.6 Å². The van der Waals surface area contributed by atoms with Crippen molar-refractivity contribution < 1.29 is 0 Å². The number of nitrogens with zero attached hydrogens (tertiary/aromatic N) is 3. The number of hydrogen-bond donors (Lipinski definition) is 1. The minimum absolute atomic E-state index is 0.348. The van der Waals surface area contributed by atoms with Crippen LogP contribution >= 0.6 is 15.9 Å². The number of anilines is 1. The number of aryl methyl sites for hydroxylation is 1. The summed E-state index contributed by atoms with van der Waals surface area (Å²) in [5, 5.41) is 4.09. The lowest BCUT2D eigenvalue weighted by Crippen LogP contribution is -2.12. The molecule has 1 fully saturated rings. The van der Waals surface area contributed by atoms with E-state index in [2.05, 4.69) is 26.0 Å². The van der Waals surface area contributed by atoms with Crippen LogP contribution in [0.1, 0.15) is 32.1 Å². The van der Waals surface area contributed by atoms with E-state index in [-0.39, 0.29) is 0 Å². The molecule has 0 atom stereocenters. The van der Waals surface area contributed by atoms with Crippen LogP contribution in [0.5, 0.6) is 0 Å². The van der Waals surface area contributed by atoms with E-state index in [4.69, 9.17) is 5.73 Å². The van der Waals surface area contributed by atoms with Crippen molar-refractivity contribution in [2.24, 2.45) is 5.92 Å². The van der Waals surface area contributed by atoms with Gasteiger partial charge in [0.2, 0.25) is 5.95 Å². The summed E-state index contributed by atoms with van der Waals surface area (Å²) >= 11 is 3.32. The van der Waals surface area contributed by atoms with Crippen LogP contribution < -0.4 is 5.73 Å². The first-order valence-electron chi connectivity index (χ1n) is 5.11. The number of rotatable bonds is 4. The fourth-order valence-electron chi connectivity index (χ4n) is 1.79. The predicted molar refractivity (Wildman–Crippen MR) is 58.7 cm³/mol. The van der Waals surface area contributed by atoms with Gasteiger partial charge in [-0.2, -0.15) is 4.98 Å². The van der Waals surface area contributed by atoms with Gasteiger partial charge in [-0.05, 0) is 34.7 Å². The number of aromatic nitrogens is 3. The van der Waals surface area contributed by atoms with Gasteiger partial charge >= 0.3 is 0 Å². The van der Waals surface area contributed by atoms with E-state index < -0.39 is 0 Å². The predicted octanol–water partition coefficient (Wildman–Crippen LogP) is 2.20. The second-order valence-electron chi connectivity index (χ2n) is 3.90. The fraction of sp³-hybridized carbons (Fsp3) is 0.778. The van der Waals surface area contributed by atoms with Gasteiger partial charge in [0.25, 0.3) is 0 Å². The van der Waals surface area contributed by atoms with Crippen molar-refractivity contribution in [1.29, 1.82) is 0 Å². The average Bonchev–Trinajstić information content (AvgIpc) is 2.36. The first-order chi connectivity index (χ1) is 6.75. The van der Waals surface area contributed by atoms with Gasteiger partial charge in [-0.3, -0.25) is 0 Å². The molecule has 0 radical (unpaired) electrons. The Morgan fingerprint density at radius 2 is 2.29 bits per heavy atom. The first-order valence-corrected chi connectivity index (χ1v) is 5.91. The Morgan fingerprint density at radius 1 is 1.50 bits per heavy atom. The third-order valence-electron chi connectivity index (χ3n) is 2.85. The van der Waals surface area contributed by atoms with Gasteiger partial charge in [-0.15, -0.1) is 5.10 Å². The molecule has 0 bridgehead atoms. The minimum Gasteiger partial charge on any atom is -0.366 e. The normalized spacial score (nSPS) is 16.9. The molecule has 5 heteroatoms. The van der Waals surface area contributed by atoms with Crippen LogP contribution in [-0.2, 0) is 6.54 Å². The smallest absolute Gasteiger partial charge is 0.240 e. The molecule has 0 amide bonds. The Morgan fingerprint density at radius 3 is 2.79 bits per heavy atom. The van der Waals surface area contributed by atoms with Gasteiger partial charge in [-0.1, -0.05) is 19.3 Å². The highest BCUT2D eigenvalue weighted by atomic mass is 79.9. The van der Waals surface area contributed by atoms with E-state index in [0.717, 1.165) is 17.2 Å². The van der Waals surface area contributed by atoms with Crippen molar-refractivity contribution in [3.8, 4) is 0 Å². The molecule has 0 saturated heterocycles. The SMILES string of the molecule is Nc1nc(Br)n(CCCC2CCC2)n1. The number of hydrogen-bond acceptors (Lipinski definition) is 3. The van der Waals surface area contributed by atoms with Crippen molar-refractivity contribution >= 4 is 21.9 Å². The van der Waals surface area contributed by atoms with E-state index in [1.165, 1.54) is 32.1 Å². The summed E-state index contributed by atoms with van der Waals surface area (Å²) in [4.78, 5) is 3.99. The second kappa shape index (κ2) is 4.29. The Balaban J connectivity index is 1.76. The second-order valence-corrected chi connectivity index (χ2v) is 4.61. The summed E-state index contributed by atoms with van der Waals surface area (Å²) < 4.78 is 2.57. The maximum Gasteiger partial charge on any atom is 0.240 e. The summed E-state index contributed by atoms with van der Waals surface area (Å²) in [6, 6.07) is 0. The molecule has 0 unspecified atom stereocenters. The first kappa shape index (κ1) is 9.96. The van der Waals surface area contributed by atoms with E-state index >= 15 is 0 Å². The van der Waals surface area contributed by atoms with Crippen LogP contribution in [0.4, 0.5) is 5.95 Å². The molecule has 2 N–H and O–H groups in total. The molecule has 0 spiro atoms. The standard InChI is InChI=1S/C9H15BrN4/c10-8-12-9(11)13-14(8)6-2-5-7-3-1-4-7/h7H,1-6H2,(H2,11,13). The molecule has 1 aromatic heterocycles. The van der Waals surface area contributed by atoms with Crippen LogP contribution in [0, 0.1) is 5.92 Å². The zero-order valence-electron chi connectivity index (χ0n) is 8.12. The highest BCUT2D eigenvalue weighted by Crippen LogP contribution is 2.30. The van der Waals surface area contributed by atoms with Crippen LogP contribution in [-0.4, -0.2) is 14.8 Å².